The highest BCUT2D eigenvalue weighted by atomic mass is 32.2. The van der Waals surface area contributed by atoms with Gasteiger partial charge in [-0.1, -0.05) is 12.1 Å². The molecule has 1 heterocycles. The van der Waals surface area contributed by atoms with Crippen LogP contribution in [0.15, 0.2) is 34.1 Å². The van der Waals surface area contributed by atoms with E-state index >= 15 is 0 Å². The zero-order valence-corrected chi connectivity index (χ0v) is 13.1. The number of rotatable bonds is 8. The number of ether oxygens (including phenoxy) is 2. The minimum Gasteiger partial charge on any atom is -0.353 e. The fourth-order valence-corrected chi connectivity index (χ4v) is 4.23. The predicted molar refractivity (Wildman–Crippen MR) is 81.1 cm³/mol. The summed E-state index contributed by atoms with van der Waals surface area (Å²) in [7, 11) is 0. The molecule has 0 fully saturated rings. The number of hydrogen-bond donors (Lipinski definition) is 0. The molecule has 5 heteroatoms. The van der Waals surface area contributed by atoms with Crippen molar-refractivity contribution in [3.8, 4) is 0 Å². The van der Waals surface area contributed by atoms with Crippen LogP contribution in [-0.4, -0.2) is 29.8 Å². The molecule has 0 amide bonds. The molecule has 0 unspecified atom stereocenters. The van der Waals surface area contributed by atoms with Crippen LogP contribution in [0.5, 0.6) is 0 Å². The lowest BCUT2D eigenvalue weighted by atomic mass is 10.3. The molecule has 1 aromatic rings. The van der Waals surface area contributed by atoms with E-state index in [1.165, 1.54) is 9.79 Å². The second kappa shape index (κ2) is 8.17. The first kappa shape index (κ1) is 15.2. The van der Waals surface area contributed by atoms with Crippen LogP contribution in [0.2, 0.25) is 0 Å². The summed E-state index contributed by atoms with van der Waals surface area (Å²) in [6.45, 7) is 6.48. The second-order valence-electron chi connectivity index (χ2n) is 4.17. The number of fused-ring (bicyclic) bond motifs is 1. The zero-order chi connectivity index (χ0) is 13.5. The fraction of sp³-hybridized carbons (Fsp3) is 0.571. The van der Waals surface area contributed by atoms with Gasteiger partial charge >= 0.3 is 0 Å². The predicted octanol–water partition coefficient (Wildman–Crippen LogP) is 4.20. The number of benzene rings is 1. The fourth-order valence-electron chi connectivity index (χ4n) is 1.90. The molecule has 0 radical (unpaired) electrons. The minimum absolute atomic E-state index is 0.0463. The Hall–Kier alpha value is -0.200. The Balaban J connectivity index is 1.70. The maximum absolute atomic E-state index is 5.55. The van der Waals surface area contributed by atoms with Crippen LogP contribution >= 0.6 is 23.9 Å². The molecule has 106 valence electrons. The molecule has 0 aliphatic carbocycles. The van der Waals surface area contributed by atoms with Gasteiger partial charge in [-0.2, -0.15) is 3.71 Å². The van der Waals surface area contributed by atoms with Gasteiger partial charge < -0.3 is 9.47 Å². The molecule has 0 N–H and O–H groups in total. The molecule has 0 saturated heterocycles. The van der Waals surface area contributed by atoms with Gasteiger partial charge in [-0.15, -0.1) is 0 Å². The van der Waals surface area contributed by atoms with Crippen LogP contribution in [-0.2, 0) is 9.47 Å². The highest BCUT2D eigenvalue weighted by Crippen LogP contribution is 2.46. The summed E-state index contributed by atoms with van der Waals surface area (Å²) < 4.78 is 13.4. The van der Waals surface area contributed by atoms with Crippen molar-refractivity contribution in [2.45, 2.75) is 42.8 Å². The Morgan fingerprint density at radius 2 is 1.63 bits per heavy atom. The molecule has 19 heavy (non-hydrogen) atoms. The van der Waals surface area contributed by atoms with E-state index in [1.54, 1.807) is 0 Å². The third-order valence-electron chi connectivity index (χ3n) is 2.74. The topological polar surface area (TPSA) is 21.7 Å². The van der Waals surface area contributed by atoms with E-state index in [1.807, 2.05) is 37.7 Å². The Morgan fingerprint density at radius 1 is 1.05 bits per heavy atom. The molecule has 1 aliphatic rings. The van der Waals surface area contributed by atoms with Crippen LogP contribution in [0.1, 0.15) is 26.7 Å². The lowest BCUT2D eigenvalue weighted by molar-refractivity contribution is -0.140. The Bertz CT molecular complexity index is 358. The van der Waals surface area contributed by atoms with Gasteiger partial charge in [0, 0.05) is 29.5 Å². The lowest BCUT2D eigenvalue weighted by Crippen LogP contribution is -2.19. The first-order valence-electron chi connectivity index (χ1n) is 6.79. The van der Waals surface area contributed by atoms with Crippen molar-refractivity contribution in [2.24, 2.45) is 0 Å². The number of nitrogens with zero attached hydrogens (tertiary/aromatic N) is 1. The quantitative estimate of drug-likeness (QED) is 0.528. The van der Waals surface area contributed by atoms with Gasteiger partial charge in [0.15, 0.2) is 6.29 Å². The van der Waals surface area contributed by atoms with Crippen LogP contribution in [0.25, 0.3) is 0 Å². The maximum atomic E-state index is 5.55. The summed E-state index contributed by atoms with van der Waals surface area (Å²) in [6.07, 6.45) is 1.99. The Labute approximate surface area is 124 Å². The Kier molecular flexibility index (Phi) is 6.53. The molecule has 1 aromatic carbocycles. The summed E-state index contributed by atoms with van der Waals surface area (Å²) >= 11 is 3.66. The van der Waals surface area contributed by atoms with Crippen molar-refractivity contribution < 1.29 is 9.47 Å². The molecule has 2 rings (SSSR count). The monoisotopic (exact) mass is 299 g/mol. The van der Waals surface area contributed by atoms with E-state index in [2.05, 4.69) is 28.0 Å². The summed E-state index contributed by atoms with van der Waals surface area (Å²) in [5.74, 6) is 0. The van der Waals surface area contributed by atoms with Crippen molar-refractivity contribution in [1.82, 2.24) is 3.71 Å². The molecular formula is C14H21NO2S2. The molecule has 0 bridgehead atoms. The van der Waals surface area contributed by atoms with Gasteiger partial charge in [-0.3, -0.25) is 0 Å². The Morgan fingerprint density at radius 3 is 2.16 bits per heavy atom. The van der Waals surface area contributed by atoms with Crippen molar-refractivity contribution in [2.75, 3.05) is 19.8 Å². The van der Waals surface area contributed by atoms with E-state index < -0.39 is 0 Å². The highest BCUT2D eigenvalue weighted by Gasteiger charge is 2.20. The summed E-state index contributed by atoms with van der Waals surface area (Å²) in [4.78, 5) is 2.72. The smallest absolute Gasteiger partial charge is 0.157 e. The molecule has 0 saturated carbocycles. The summed E-state index contributed by atoms with van der Waals surface area (Å²) in [5, 5.41) is 0. The second-order valence-corrected chi connectivity index (χ2v) is 6.53. The zero-order valence-electron chi connectivity index (χ0n) is 11.5. The van der Waals surface area contributed by atoms with E-state index in [-0.39, 0.29) is 6.29 Å². The van der Waals surface area contributed by atoms with Gasteiger partial charge in [0.1, 0.15) is 0 Å². The van der Waals surface area contributed by atoms with E-state index in [9.17, 15) is 0 Å². The van der Waals surface area contributed by atoms with Crippen LogP contribution in [0.3, 0.4) is 0 Å². The van der Waals surface area contributed by atoms with Crippen LogP contribution in [0.4, 0.5) is 0 Å². The maximum Gasteiger partial charge on any atom is 0.157 e. The highest BCUT2D eigenvalue weighted by molar-refractivity contribution is 8.14. The average Bonchev–Trinajstić information content (AvgIpc) is 2.82. The normalized spacial score (nSPS) is 15.1. The van der Waals surface area contributed by atoms with E-state index in [4.69, 9.17) is 9.47 Å². The largest absolute Gasteiger partial charge is 0.353 e. The minimum atomic E-state index is -0.0463. The third kappa shape index (κ3) is 4.68. The van der Waals surface area contributed by atoms with Gasteiger partial charge in [0.05, 0.1) is 0 Å². The van der Waals surface area contributed by atoms with Gasteiger partial charge in [0.2, 0.25) is 0 Å². The third-order valence-corrected chi connectivity index (χ3v) is 5.19. The van der Waals surface area contributed by atoms with Gasteiger partial charge in [0.25, 0.3) is 0 Å². The van der Waals surface area contributed by atoms with Crippen molar-refractivity contribution in [1.29, 1.82) is 0 Å². The molecule has 0 spiro atoms. The van der Waals surface area contributed by atoms with Gasteiger partial charge in [-0.25, -0.2) is 0 Å². The molecule has 3 nitrogen and oxygen atoms in total. The molecule has 0 aromatic heterocycles. The van der Waals surface area contributed by atoms with Crippen molar-refractivity contribution in [3.63, 3.8) is 0 Å². The lowest BCUT2D eigenvalue weighted by Gasteiger charge is -2.18. The molecular weight excluding hydrogens is 278 g/mol. The van der Waals surface area contributed by atoms with E-state index in [0.717, 1.165) is 19.4 Å². The standard InChI is InChI=1S/C14H21NO2S2/c1-3-16-14(17-4-2)10-7-11-15-18-12-8-5-6-9-13(12)19-15/h5-6,8-9,14H,3-4,7,10-11H2,1-2H3. The van der Waals surface area contributed by atoms with Crippen molar-refractivity contribution >= 4 is 23.9 Å². The van der Waals surface area contributed by atoms with Crippen LogP contribution < -0.4 is 0 Å². The van der Waals surface area contributed by atoms with Crippen molar-refractivity contribution in [3.05, 3.63) is 24.3 Å². The number of hydrogen-bond acceptors (Lipinski definition) is 5. The molecule has 0 atom stereocenters. The summed E-state index contributed by atoms with van der Waals surface area (Å²) in [5.41, 5.74) is 0. The first-order valence-corrected chi connectivity index (χ1v) is 8.33. The first-order chi connectivity index (χ1) is 9.33. The average molecular weight is 299 g/mol. The summed E-state index contributed by atoms with van der Waals surface area (Å²) in [6, 6.07) is 8.54. The SMILES string of the molecule is CCOC(CCCN1Sc2ccccc2S1)OCC. The van der Waals surface area contributed by atoms with Crippen LogP contribution in [0, 0.1) is 0 Å². The van der Waals surface area contributed by atoms with Gasteiger partial charge in [-0.05, 0) is 62.7 Å². The van der Waals surface area contributed by atoms with E-state index in [0.29, 0.717) is 13.2 Å². The molecule has 1 aliphatic heterocycles.